The molecule has 7 nitrogen and oxygen atoms in total. The molecule has 31 heavy (non-hydrogen) atoms. The second-order valence-corrected chi connectivity index (χ2v) is 7.18. The van der Waals surface area contributed by atoms with Crippen molar-refractivity contribution >= 4 is 11.7 Å². The highest BCUT2D eigenvalue weighted by Gasteiger charge is 2.35. The van der Waals surface area contributed by atoms with Crippen LogP contribution < -0.4 is 10.6 Å². The Morgan fingerprint density at radius 2 is 1.97 bits per heavy atom. The fourth-order valence-corrected chi connectivity index (χ4v) is 2.86. The number of alkyl halides is 3. The first-order valence-corrected chi connectivity index (χ1v) is 9.54. The molecule has 164 valence electrons. The van der Waals surface area contributed by atoms with E-state index in [1.807, 2.05) is 19.9 Å². The largest absolute Gasteiger partial charge is 0.435 e. The van der Waals surface area contributed by atoms with E-state index in [0.29, 0.717) is 17.1 Å². The lowest BCUT2D eigenvalue weighted by molar-refractivity contribution is -0.141. The molecule has 0 aliphatic rings. The molecular weight excluding hydrogens is 411 g/mol. The second-order valence-electron chi connectivity index (χ2n) is 7.18. The summed E-state index contributed by atoms with van der Waals surface area (Å²) in [5.74, 6) is 0.191. The first kappa shape index (κ1) is 22.3. The van der Waals surface area contributed by atoms with Crippen LogP contribution in [0.25, 0.3) is 5.69 Å². The van der Waals surface area contributed by atoms with Gasteiger partial charge < -0.3 is 15.7 Å². The number of hydrogen-bond donors (Lipinski definition) is 3. The van der Waals surface area contributed by atoms with Gasteiger partial charge in [0.2, 0.25) is 0 Å². The van der Waals surface area contributed by atoms with Crippen LogP contribution in [0.2, 0.25) is 0 Å². The molecule has 2 aromatic heterocycles. The van der Waals surface area contributed by atoms with Crippen molar-refractivity contribution in [2.75, 3.05) is 5.32 Å². The fourth-order valence-electron chi connectivity index (χ4n) is 2.86. The lowest BCUT2D eigenvalue weighted by atomic mass is 10.0. The maximum atomic E-state index is 13.3. The van der Waals surface area contributed by atoms with E-state index < -0.39 is 17.9 Å². The maximum Gasteiger partial charge on any atom is 0.435 e. The zero-order chi connectivity index (χ0) is 22.6. The van der Waals surface area contributed by atoms with Crippen molar-refractivity contribution in [2.45, 2.75) is 39.1 Å². The van der Waals surface area contributed by atoms with Gasteiger partial charge in [-0.1, -0.05) is 26.0 Å². The van der Waals surface area contributed by atoms with Gasteiger partial charge in [0.25, 0.3) is 0 Å². The second kappa shape index (κ2) is 9.17. The smallest absolute Gasteiger partial charge is 0.390 e. The number of pyridine rings is 1. The Balaban J connectivity index is 1.80. The molecule has 3 aromatic rings. The molecule has 0 fully saturated rings. The summed E-state index contributed by atoms with van der Waals surface area (Å²) < 4.78 is 40.9. The Hall–Kier alpha value is -3.40. The van der Waals surface area contributed by atoms with E-state index in [1.54, 1.807) is 30.3 Å². The van der Waals surface area contributed by atoms with Gasteiger partial charge in [0, 0.05) is 0 Å². The monoisotopic (exact) mass is 433 g/mol. The zero-order valence-corrected chi connectivity index (χ0v) is 16.9. The van der Waals surface area contributed by atoms with Crippen molar-refractivity contribution in [3.05, 3.63) is 71.3 Å². The number of carbonyl (C=O) groups is 1. The van der Waals surface area contributed by atoms with Crippen molar-refractivity contribution in [3.63, 3.8) is 0 Å². The number of amides is 2. The van der Waals surface area contributed by atoms with Gasteiger partial charge in [-0.25, -0.2) is 9.48 Å². The van der Waals surface area contributed by atoms with E-state index in [0.717, 1.165) is 11.6 Å². The molecule has 3 N–H and O–H groups in total. The van der Waals surface area contributed by atoms with E-state index >= 15 is 0 Å². The van der Waals surface area contributed by atoms with E-state index in [2.05, 4.69) is 20.7 Å². The van der Waals surface area contributed by atoms with Crippen LogP contribution >= 0.6 is 0 Å². The van der Waals surface area contributed by atoms with Crippen LogP contribution in [0, 0.1) is 0 Å². The van der Waals surface area contributed by atoms with E-state index in [1.165, 1.54) is 10.9 Å². The molecule has 0 radical (unpaired) electrons. The molecule has 10 heteroatoms. The van der Waals surface area contributed by atoms with Gasteiger partial charge in [-0.05, 0) is 41.8 Å². The number of nitrogens with one attached hydrogen (secondary N) is 2. The summed E-state index contributed by atoms with van der Waals surface area (Å²) in [6.07, 6.45) is -3.24. The first-order valence-electron chi connectivity index (χ1n) is 9.54. The zero-order valence-electron chi connectivity index (χ0n) is 16.9. The summed E-state index contributed by atoms with van der Waals surface area (Å²) in [5.41, 5.74) is 1.39. The van der Waals surface area contributed by atoms with Gasteiger partial charge in [0.15, 0.2) is 5.69 Å². The molecule has 0 bridgehead atoms. The van der Waals surface area contributed by atoms with Crippen molar-refractivity contribution < 1.29 is 23.1 Å². The number of rotatable bonds is 6. The maximum absolute atomic E-state index is 13.3. The van der Waals surface area contributed by atoms with Crippen LogP contribution in [0.3, 0.4) is 0 Å². The molecule has 0 spiro atoms. The third kappa shape index (κ3) is 5.60. The summed E-state index contributed by atoms with van der Waals surface area (Å²) in [4.78, 5) is 16.1. The quantitative estimate of drug-likeness (QED) is 0.543. The number of nitrogens with zero attached hydrogens (tertiary/aromatic N) is 3. The number of carbonyl (C=O) groups excluding carboxylic acids is 1. The number of anilines is 1. The van der Waals surface area contributed by atoms with Crippen molar-refractivity contribution in [1.29, 1.82) is 0 Å². The molecule has 0 saturated carbocycles. The van der Waals surface area contributed by atoms with Gasteiger partial charge in [0.05, 0.1) is 42.1 Å². The standard InChI is InChI=1S/C21H22F3N5O2/c1-13(2)14-4-3-5-17(8-14)29-18(9-19(28-29)21(22,23)24)11-26-20(31)27-15-6-7-16(12-30)25-10-15/h3-10,13,30H,11-12H2,1-2H3,(H2,26,27,31). The van der Waals surface area contributed by atoms with Crippen LogP contribution in [0.1, 0.15) is 42.4 Å². The van der Waals surface area contributed by atoms with E-state index in [9.17, 15) is 18.0 Å². The average Bonchev–Trinajstić information content (AvgIpc) is 3.18. The highest BCUT2D eigenvalue weighted by atomic mass is 19.4. The molecule has 1 aromatic carbocycles. The van der Waals surface area contributed by atoms with Gasteiger partial charge >= 0.3 is 12.2 Å². The number of hydrogen-bond acceptors (Lipinski definition) is 4. The summed E-state index contributed by atoms with van der Waals surface area (Å²) >= 11 is 0. The van der Waals surface area contributed by atoms with E-state index in [-0.39, 0.29) is 24.8 Å². The van der Waals surface area contributed by atoms with Gasteiger partial charge in [0.1, 0.15) is 0 Å². The molecule has 0 saturated heterocycles. The number of urea groups is 1. The fraction of sp³-hybridized carbons (Fsp3) is 0.286. The number of aromatic nitrogens is 3. The van der Waals surface area contributed by atoms with Gasteiger partial charge in [-0.3, -0.25) is 4.98 Å². The van der Waals surface area contributed by atoms with Crippen molar-refractivity contribution in [3.8, 4) is 5.69 Å². The number of benzene rings is 1. The van der Waals surface area contributed by atoms with Gasteiger partial charge in [-0.2, -0.15) is 18.3 Å². The Labute approximate surface area is 176 Å². The van der Waals surface area contributed by atoms with Crippen molar-refractivity contribution in [2.24, 2.45) is 0 Å². The normalized spacial score (nSPS) is 11.6. The number of aliphatic hydroxyl groups excluding tert-OH is 1. The molecule has 3 rings (SSSR count). The third-order valence-corrected chi connectivity index (χ3v) is 4.53. The highest BCUT2D eigenvalue weighted by Crippen LogP contribution is 2.30. The lowest BCUT2D eigenvalue weighted by Crippen LogP contribution is -2.29. The molecule has 0 atom stereocenters. The first-order chi connectivity index (χ1) is 14.7. The minimum atomic E-state index is -4.61. The minimum absolute atomic E-state index is 0.178. The number of aliphatic hydroxyl groups is 1. The van der Waals surface area contributed by atoms with Crippen molar-refractivity contribution in [1.82, 2.24) is 20.1 Å². The summed E-state index contributed by atoms with van der Waals surface area (Å²) in [5, 5.41) is 17.8. The molecule has 0 unspecified atom stereocenters. The minimum Gasteiger partial charge on any atom is -0.390 e. The molecular formula is C21H22F3N5O2. The Morgan fingerprint density at radius 1 is 1.19 bits per heavy atom. The predicted molar refractivity (Wildman–Crippen MR) is 109 cm³/mol. The molecule has 2 amide bonds. The average molecular weight is 433 g/mol. The summed E-state index contributed by atoms with van der Waals surface area (Å²) in [7, 11) is 0. The Bertz CT molecular complexity index is 1050. The number of halogens is 3. The van der Waals surface area contributed by atoms with E-state index in [4.69, 9.17) is 5.11 Å². The van der Waals surface area contributed by atoms with Crippen LogP contribution in [0.4, 0.5) is 23.7 Å². The predicted octanol–water partition coefficient (Wildman–Crippen LogP) is 4.22. The molecule has 0 aliphatic carbocycles. The highest BCUT2D eigenvalue weighted by molar-refractivity contribution is 5.88. The van der Waals surface area contributed by atoms with Gasteiger partial charge in [-0.15, -0.1) is 0 Å². The van der Waals surface area contributed by atoms with Crippen LogP contribution in [-0.2, 0) is 19.3 Å². The third-order valence-electron chi connectivity index (χ3n) is 4.53. The Kier molecular flexibility index (Phi) is 6.59. The Morgan fingerprint density at radius 3 is 2.58 bits per heavy atom. The lowest BCUT2D eigenvalue weighted by Gasteiger charge is -2.12. The topological polar surface area (TPSA) is 92.1 Å². The SMILES string of the molecule is CC(C)c1cccc(-n2nc(C(F)(F)F)cc2CNC(=O)Nc2ccc(CO)nc2)c1. The summed E-state index contributed by atoms with van der Waals surface area (Å²) in [6, 6.07) is 10.5. The summed E-state index contributed by atoms with van der Waals surface area (Å²) in [6.45, 7) is 3.56. The molecule has 2 heterocycles. The van der Waals surface area contributed by atoms with Crippen LogP contribution in [0.15, 0.2) is 48.7 Å². The molecule has 0 aliphatic heterocycles. The van der Waals surface area contributed by atoms with Crippen LogP contribution in [0.5, 0.6) is 0 Å². The van der Waals surface area contributed by atoms with Crippen LogP contribution in [-0.4, -0.2) is 25.9 Å².